The number of aryl methyl sites for hydroxylation is 1. The number of aromatic nitrogens is 2. The maximum absolute atomic E-state index is 10.9. The number of hydrogen-bond donors (Lipinski definition) is 1. The van der Waals surface area contributed by atoms with E-state index in [1.165, 1.54) is 10.7 Å². The van der Waals surface area contributed by atoms with E-state index in [0.717, 1.165) is 5.75 Å². The van der Waals surface area contributed by atoms with E-state index in [2.05, 4.69) is 5.10 Å². The van der Waals surface area contributed by atoms with Gasteiger partial charge in [0.15, 0.2) is 0 Å². The number of carbonyl (C=O) groups is 1. The number of benzene rings is 1. The zero-order valence-corrected chi connectivity index (χ0v) is 10.7. The Morgan fingerprint density at radius 1 is 1.32 bits per heavy atom. The van der Waals surface area contributed by atoms with Gasteiger partial charge in [-0.2, -0.15) is 5.10 Å². The molecular weight excluding hydrogens is 248 g/mol. The summed E-state index contributed by atoms with van der Waals surface area (Å²) < 4.78 is 11.9. The molecule has 100 valence electrons. The van der Waals surface area contributed by atoms with Crippen LogP contribution in [-0.2, 0) is 13.7 Å². The zero-order valence-electron chi connectivity index (χ0n) is 10.7. The Kier molecular flexibility index (Phi) is 3.70. The molecule has 0 amide bonds. The van der Waals surface area contributed by atoms with Crippen molar-refractivity contribution in [1.82, 2.24) is 9.78 Å². The minimum atomic E-state index is -1.01. The lowest BCUT2D eigenvalue weighted by molar-refractivity contribution is 0.0685. The van der Waals surface area contributed by atoms with Crippen molar-refractivity contribution in [3.8, 4) is 11.5 Å². The summed E-state index contributed by atoms with van der Waals surface area (Å²) in [5, 5.41) is 13.0. The van der Waals surface area contributed by atoms with Crippen LogP contribution in [0.25, 0.3) is 0 Å². The Labute approximate surface area is 110 Å². The van der Waals surface area contributed by atoms with Gasteiger partial charge in [-0.15, -0.1) is 0 Å². The van der Waals surface area contributed by atoms with E-state index in [9.17, 15) is 4.79 Å². The van der Waals surface area contributed by atoms with E-state index in [4.69, 9.17) is 14.6 Å². The van der Waals surface area contributed by atoms with Crippen molar-refractivity contribution >= 4 is 5.97 Å². The standard InChI is InChI=1S/C13H14N2O4/c1-15-12(13(16)17)7-9(14-15)8-19-11-5-3-10(18-2)4-6-11/h3-7H,8H2,1-2H3,(H,16,17). The molecule has 2 aromatic rings. The maximum atomic E-state index is 10.9. The van der Waals surface area contributed by atoms with E-state index >= 15 is 0 Å². The molecule has 0 aliphatic carbocycles. The SMILES string of the molecule is COc1ccc(OCc2cc(C(=O)O)n(C)n2)cc1. The Bertz CT molecular complexity index is 575. The molecule has 0 saturated heterocycles. The van der Waals surface area contributed by atoms with Crippen LogP contribution in [0, 0.1) is 0 Å². The summed E-state index contributed by atoms with van der Waals surface area (Å²) in [7, 11) is 3.18. The number of carboxylic acids is 1. The Morgan fingerprint density at radius 2 is 1.95 bits per heavy atom. The summed E-state index contributed by atoms with van der Waals surface area (Å²) in [5.74, 6) is 0.410. The smallest absolute Gasteiger partial charge is 0.354 e. The number of methoxy groups -OCH3 is 1. The Balaban J connectivity index is 2.01. The van der Waals surface area contributed by atoms with E-state index < -0.39 is 5.97 Å². The van der Waals surface area contributed by atoms with E-state index in [0.29, 0.717) is 11.4 Å². The van der Waals surface area contributed by atoms with Crippen molar-refractivity contribution in [3.05, 3.63) is 41.7 Å². The number of carboxylic acid groups (broad SMARTS) is 1. The van der Waals surface area contributed by atoms with Crippen molar-refractivity contribution < 1.29 is 19.4 Å². The van der Waals surface area contributed by atoms with Crippen LogP contribution in [0.1, 0.15) is 16.2 Å². The molecule has 6 nitrogen and oxygen atoms in total. The minimum absolute atomic E-state index is 0.133. The van der Waals surface area contributed by atoms with Gasteiger partial charge in [-0.1, -0.05) is 0 Å². The van der Waals surface area contributed by atoms with Crippen molar-refractivity contribution in [2.45, 2.75) is 6.61 Å². The van der Waals surface area contributed by atoms with Gasteiger partial charge < -0.3 is 14.6 Å². The summed E-state index contributed by atoms with van der Waals surface area (Å²) in [5.41, 5.74) is 0.698. The van der Waals surface area contributed by atoms with Crippen LogP contribution < -0.4 is 9.47 Å². The topological polar surface area (TPSA) is 73.6 Å². The highest BCUT2D eigenvalue weighted by molar-refractivity contribution is 5.85. The van der Waals surface area contributed by atoms with Gasteiger partial charge in [-0.05, 0) is 30.3 Å². The van der Waals surface area contributed by atoms with Gasteiger partial charge in [0.05, 0.1) is 7.11 Å². The van der Waals surface area contributed by atoms with Crippen LogP contribution in [0.3, 0.4) is 0 Å². The average Bonchev–Trinajstić information content (AvgIpc) is 2.78. The van der Waals surface area contributed by atoms with Crippen LogP contribution in [0.15, 0.2) is 30.3 Å². The van der Waals surface area contributed by atoms with Crippen LogP contribution in [0.5, 0.6) is 11.5 Å². The van der Waals surface area contributed by atoms with Gasteiger partial charge in [0, 0.05) is 7.05 Å². The lowest BCUT2D eigenvalue weighted by atomic mass is 10.3. The number of aromatic carboxylic acids is 1. The molecule has 19 heavy (non-hydrogen) atoms. The molecule has 0 aliphatic heterocycles. The van der Waals surface area contributed by atoms with Crippen LogP contribution in [0.2, 0.25) is 0 Å². The van der Waals surface area contributed by atoms with Gasteiger partial charge in [0.1, 0.15) is 29.5 Å². The van der Waals surface area contributed by atoms with Crippen molar-refractivity contribution in [3.63, 3.8) is 0 Å². The van der Waals surface area contributed by atoms with Crippen molar-refractivity contribution in [2.24, 2.45) is 7.05 Å². The molecule has 1 heterocycles. The van der Waals surface area contributed by atoms with E-state index in [-0.39, 0.29) is 12.3 Å². The van der Waals surface area contributed by atoms with Gasteiger partial charge in [0.25, 0.3) is 0 Å². The highest BCUT2D eigenvalue weighted by Crippen LogP contribution is 2.18. The highest BCUT2D eigenvalue weighted by Gasteiger charge is 2.11. The normalized spacial score (nSPS) is 10.2. The third-order valence-corrected chi connectivity index (χ3v) is 2.60. The lowest BCUT2D eigenvalue weighted by Gasteiger charge is -2.05. The molecular formula is C13H14N2O4. The molecule has 0 aliphatic rings. The first-order valence-corrected chi connectivity index (χ1v) is 5.63. The molecule has 1 aromatic carbocycles. The molecule has 1 N–H and O–H groups in total. The molecule has 0 spiro atoms. The number of ether oxygens (including phenoxy) is 2. The number of rotatable bonds is 5. The van der Waals surface area contributed by atoms with Crippen LogP contribution in [0.4, 0.5) is 0 Å². The maximum Gasteiger partial charge on any atom is 0.354 e. The second-order valence-electron chi connectivity index (χ2n) is 3.91. The molecule has 1 aromatic heterocycles. The predicted molar refractivity (Wildman–Crippen MR) is 67.5 cm³/mol. The van der Waals surface area contributed by atoms with Gasteiger partial charge >= 0.3 is 5.97 Å². The monoisotopic (exact) mass is 262 g/mol. The first-order chi connectivity index (χ1) is 9.10. The van der Waals surface area contributed by atoms with Crippen molar-refractivity contribution in [2.75, 3.05) is 7.11 Å². The zero-order chi connectivity index (χ0) is 13.8. The molecule has 0 radical (unpaired) electrons. The average molecular weight is 262 g/mol. The van der Waals surface area contributed by atoms with E-state index in [1.54, 1.807) is 38.4 Å². The Morgan fingerprint density at radius 3 is 2.47 bits per heavy atom. The summed E-state index contributed by atoms with van der Waals surface area (Å²) in [6.07, 6.45) is 0. The molecule has 0 saturated carbocycles. The molecule has 0 unspecified atom stereocenters. The highest BCUT2D eigenvalue weighted by atomic mass is 16.5. The lowest BCUT2D eigenvalue weighted by Crippen LogP contribution is -2.04. The molecule has 2 rings (SSSR count). The van der Waals surface area contributed by atoms with Crippen LogP contribution in [-0.4, -0.2) is 28.0 Å². The quantitative estimate of drug-likeness (QED) is 0.887. The molecule has 0 bridgehead atoms. The van der Waals surface area contributed by atoms with Gasteiger partial charge in [0.2, 0.25) is 0 Å². The third-order valence-electron chi connectivity index (χ3n) is 2.60. The second kappa shape index (κ2) is 5.43. The predicted octanol–water partition coefficient (Wildman–Crippen LogP) is 1.71. The first-order valence-electron chi connectivity index (χ1n) is 5.63. The molecule has 0 atom stereocenters. The first kappa shape index (κ1) is 12.9. The summed E-state index contributed by atoms with van der Waals surface area (Å²) in [4.78, 5) is 10.9. The number of nitrogens with zero attached hydrogens (tertiary/aromatic N) is 2. The van der Waals surface area contributed by atoms with Crippen molar-refractivity contribution in [1.29, 1.82) is 0 Å². The fourth-order valence-corrected chi connectivity index (χ4v) is 1.63. The number of hydrogen-bond acceptors (Lipinski definition) is 4. The van der Waals surface area contributed by atoms with Gasteiger partial charge in [-0.25, -0.2) is 4.79 Å². The second-order valence-corrected chi connectivity index (χ2v) is 3.91. The summed E-state index contributed by atoms with van der Waals surface area (Å²) in [6.45, 7) is 0.216. The fourth-order valence-electron chi connectivity index (χ4n) is 1.63. The Hall–Kier alpha value is -2.50. The molecule has 0 fully saturated rings. The van der Waals surface area contributed by atoms with Gasteiger partial charge in [-0.3, -0.25) is 4.68 Å². The minimum Gasteiger partial charge on any atom is -0.497 e. The van der Waals surface area contributed by atoms with Crippen LogP contribution >= 0.6 is 0 Å². The fraction of sp³-hybridized carbons (Fsp3) is 0.231. The summed E-state index contributed by atoms with van der Waals surface area (Å²) >= 11 is 0. The molecule has 6 heteroatoms. The summed E-state index contributed by atoms with van der Waals surface area (Å²) in [6, 6.07) is 8.62. The van der Waals surface area contributed by atoms with E-state index in [1.807, 2.05) is 0 Å². The largest absolute Gasteiger partial charge is 0.497 e. The third kappa shape index (κ3) is 3.04.